The topological polar surface area (TPSA) is 86.5 Å². The molecule has 110 valence electrons. The zero-order valence-electron chi connectivity index (χ0n) is 10.4. The maximum absolute atomic E-state index is 11.8. The van der Waals surface area contributed by atoms with Crippen LogP contribution in [0, 0.1) is 5.92 Å². The van der Waals surface area contributed by atoms with Crippen molar-refractivity contribution in [3.8, 4) is 0 Å². The van der Waals surface area contributed by atoms with Crippen molar-refractivity contribution in [1.82, 2.24) is 0 Å². The molecule has 1 saturated carbocycles. The summed E-state index contributed by atoms with van der Waals surface area (Å²) in [4.78, 5) is 11.4. The number of primary sulfonamides is 1. The minimum Gasteiger partial charge on any atom is -0.462 e. The third-order valence-electron chi connectivity index (χ3n) is 2.99. The Balaban J connectivity index is 2.18. The molecule has 1 aliphatic carbocycles. The molecule has 0 heterocycles. The Morgan fingerprint density at radius 2 is 2.00 bits per heavy atom. The van der Waals surface area contributed by atoms with Crippen LogP contribution in [0.5, 0.6) is 0 Å². The van der Waals surface area contributed by atoms with Gasteiger partial charge in [-0.1, -0.05) is 36.0 Å². The van der Waals surface area contributed by atoms with Crippen LogP contribution in [-0.4, -0.2) is 21.0 Å². The van der Waals surface area contributed by atoms with Crippen molar-refractivity contribution in [2.24, 2.45) is 11.1 Å². The molecule has 1 aromatic rings. The van der Waals surface area contributed by atoms with Crippen molar-refractivity contribution in [3.63, 3.8) is 0 Å². The Kier molecular flexibility index (Phi) is 4.59. The first-order valence-electron chi connectivity index (χ1n) is 5.98. The fourth-order valence-corrected chi connectivity index (χ4v) is 3.05. The van der Waals surface area contributed by atoms with Gasteiger partial charge in [-0.05, 0) is 24.5 Å². The lowest BCUT2D eigenvalue weighted by atomic mass is 10.2. The molecule has 0 aliphatic heterocycles. The van der Waals surface area contributed by atoms with Gasteiger partial charge in [-0.3, -0.25) is 0 Å². The normalized spacial score (nSPS) is 15.2. The number of sulfonamides is 1. The molecule has 0 radical (unpaired) electrons. The molecule has 2 rings (SSSR count). The van der Waals surface area contributed by atoms with Gasteiger partial charge in [0.15, 0.2) is 0 Å². The van der Waals surface area contributed by atoms with Gasteiger partial charge in [-0.15, -0.1) is 0 Å². The highest BCUT2D eigenvalue weighted by atomic mass is 35.5. The first-order valence-corrected chi connectivity index (χ1v) is 8.28. The van der Waals surface area contributed by atoms with Crippen LogP contribution in [-0.2, 0) is 14.8 Å². The number of carbonyl (C=O) groups is 1. The van der Waals surface area contributed by atoms with E-state index in [4.69, 9.17) is 33.1 Å². The van der Waals surface area contributed by atoms with Crippen LogP contribution in [0.4, 0.5) is 0 Å². The second kappa shape index (κ2) is 5.89. The molecule has 0 amide bonds. The van der Waals surface area contributed by atoms with Crippen molar-refractivity contribution in [3.05, 3.63) is 27.7 Å². The van der Waals surface area contributed by atoms with E-state index in [1.165, 1.54) is 18.9 Å². The number of hydrogen-bond donors (Lipinski definition) is 1. The van der Waals surface area contributed by atoms with E-state index in [0.717, 1.165) is 12.5 Å². The molecule has 0 atom stereocenters. The number of esters is 1. The van der Waals surface area contributed by atoms with Gasteiger partial charge < -0.3 is 4.74 Å². The molecule has 1 fully saturated rings. The number of benzene rings is 1. The summed E-state index contributed by atoms with van der Waals surface area (Å²) in [7, 11) is -4.06. The van der Waals surface area contributed by atoms with Gasteiger partial charge >= 0.3 is 5.97 Å². The highest BCUT2D eigenvalue weighted by molar-refractivity contribution is 7.89. The summed E-state index contributed by atoms with van der Waals surface area (Å²) in [5.74, 6) is -0.00861. The lowest BCUT2D eigenvalue weighted by Crippen LogP contribution is -2.15. The number of ether oxygens (including phenoxy) is 1. The zero-order valence-corrected chi connectivity index (χ0v) is 12.8. The van der Waals surface area contributed by atoms with Gasteiger partial charge in [0.2, 0.25) is 10.0 Å². The van der Waals surface area contributed by atoms with Crippen molar-refractivity contribution < 1.29 is 17.9 Å². The molecular weight excluding hydrogens is 325 g/mol. The van der Waals surface area contributed by atoms with Crippen LogP contribution >= 0.6 is 23.2 Å². The van der Waals surface area contributed by atoms with Crippen LogP contribution in [0.1, 0.15) is 29.6 Å². The van der Waals surface area contributed by atoms with Gasteiger partial charge in [0.1, 0.15) is 4.90 Å². The molecule has 1 aromatic carbocycles. The maximum atomic E-state index is 11.8. The summed E-state index contributed by atoms with van der Waals surface area (Å²) in [5.41, 5.74) is 0.0132. The standard InChI is InChI=1S/C12H13Cl2NO4S/c13-9-5-8(6-10(11(9)14)20(15,17)18)12(16)19-4-3-7-1-2-7/h5-7H,1-4H2,(H2,15,17,18). The summed E-state index contributed by atoms with van der Waals surface area (Å²) < 4.78 is 27.8. The SMILES string of the molecule is NS(=O)(=O)c1cc(C(=O)OCCC2CC2)cc(Cl)c1Cl. The second-order valence-corrected chi connectivity index (χ2v) is 7.00. The third-order valence-corrected chi connectivity index (χ3v) is 4.84. The predicted octanol–water partition coefficient (Wildman–Crippen LogP) is 2.60. The van der Waals surface area contributed by atoms with E-state index < -0.39 is 16.0 Å². The molecule has 0 unspecified atom stereocenters. The van der Waals surface area contributed by atoms with E-state index >= 15 is 0 Å². The van der Waals surface area contributed by atoms with Gasteiger partial charge in [0.25, 0.3) is 0 Å². The highest BCUT2D eigenvalue weighted by Crippen LogP contribution is 2.33. The Hall–Kier alpha value is -0.820. The number of hydrogen-bond acceptors (Lipinski definition) is 4. The number of halogens is 2. The monoisotopic (exact) mass is 337 g/mol. The molecule has 0 spiro atoms. The lowest BCUT2D eigenvalue weighted by molar-refractivity contribution is 0.0494. The molecule has 5 nitrogen and oxygen atoms in total. The van der Waals surface area contributed by atoms with Gasteiger partial charge in [0.05, 0.1) is 22.2 Å². The number of rotatable bonds is 5. The molecule has 2 N–H and O–H groups in total. The predicted molar refractivity (Wildman–Crippen MR) is 75.5 cm³/mol. The Bertz CT molecular complexity index is 641. The molecular formula is C12H13Cl2NO4S. The first-order chi connectivity index (χ1) is 9.29. The van der Waals surface area contributed by atoms with E-state index in [1.807, 2.05) is 0 Å². The summed E-state index contributed by atoms with van der Waals surface area (Å²) in [6, 6.07) is 2.33. The van der Waals surface area contributed by atoms with Gasteiger partial charge in [-0.2, -0.15) is 0 Å². The lowest BCUT2D eigenvalue weighted by Gasteiger charge is -2.08. The third kappa shape index (κ3) is 3.85. The molecule has 8 heteroatoms. The fraction of sp³-hybridized carbons (Fsp3) is 0.417. The second-order valence-electron chi connectivity index (χ2n) is 4.68. The van der Waals surface area contributed by atoms with E-state index in [1.54, 1.807) is 0 Å². The van der Waals surface area contributed by atoms with Crippen LogP contribution in [0.15, 0.2) is 17.0 Å². The van der Waals surface area contributed by atoms with E-state index in [-0.39, 0.29) is 20.5 Å². The summed E-state index contributed by atoms with van der Waals surface area (Å²) in [6.45, 7) is 0.300. The van der Waals surface area contributed by atoms with Crippen molar-refractivity contribution in [2.75, 3.05) is 6.61 Å². The molecule has 0 bridgehead atoms. The fourth-order valence-electron chi connectivity index (χ4n) is 1.70. The minimum atomic E-state index is -4.06. The molecule has 20 heavy (non-hydrogen) atoms. The van der Waals surface area contributed by atoms with Crippen LogP contribution in [0.25, 0.3) is 0 Å². The molecule has 0 aromatic heterocycles. The van der Waals surface area contributed by atoms with Crippen LogP contribution < -0.4 is 5.14 Å². The smallest absolute Gasteiger partial charge is 0.338 e. The maximum Gasteiger partial charge on any atom is 0.338 e. The summed E-state index contributed by atoms with van der Waals surface area (Å²) in [6.07, 6.45) is 3.15. The average molecular weight is 338 g/mol. The first kappa shape index (κ1) is 15.6. The Morgan fingerprint density at radius 3 is 2.55 bits per heavy atom. The Labute approximate surface area is 127 Å². The minimum absolute atomic E-state index is 0.0132. The number of nitrogens with two attached hydrogens (primary N) is 1. The Morgan fingerprint density at radius 1 is 1.35 bits per heavy atom. The van der Waals surface area contributed by atoms with Gasteiger partial charge in [-0.25, -0.2) is 18.4 Å². The van der Waals surface area contributed by atoms with E-state index in [2.05, 4.69) is 0 Å². The molecule has 1 aliphatic rings. The number of carbonyl (C=O) groups excluding carboxylic acids is 1. The van der Waals surface area contributed by atoms with Gasteiger partial charge in [0, 0.05) is 0 Å². The van der Waals surface area contributed by atoms with E-state index in [0.29, 0.717) is 12.5 Å². The summed E-state index contributed by atoms with van der Waals surface area (Å²) in [5, 5.41) is 4.75. The van der Waals surface area contributed by atoms with Crippen molar-refractivity contribution in [1.29, 1.82) is 0 Å². The van der Waals surface area contributed by atoms with Crippen LogP contribution in [0.2, 0.25) is 10.0 Å². The molecule has 0 saturated heterocycles. The largest absolute Gasteiger partial charge is 0.462 e. The average Bonchev–Trinajstić information content (AvgIpc) is 3.14. The summed E-state index contributed by atoms with van der Waals surface area (Å²) >= 11 is 11.6. The van der Waals surface area contributed by atoms with Crippen molar-refractivity contribution >= 4 is 39.2 Å². The zero-order chi connectivity index (χ0) is 14.9. The van der Waals surface area contributed by atoms with E-state index in [9.17, 15) is 13.2 Å². The highest BCUT2D eigenvalue weighted by Gasteiger charge is 2.23. The van der Waals surface area contributed by atoms with Crippen LogP contribution in [0.3, 0.4) is 0 Å². The van der Waals surface area contributed by atoms with Crippen molar-refractivity contribution in [2.45, 2.75) is 24.2 Å². The quantitative estimate of drug-likeness (QED) is 0.836.